The maximum absolute atomic E-state index is 13.0. The molecule has 1 aliphatic heterocycles. The van der Waals surface area contributed by atoms with Gasteiger partial charge in [-0.1, -0.05) is 48.5 Å². The highest BCUT2D eigenvalue weighted by molar-refractivity contribution is 7.89. The summed E-state index contributed by atoms with van der Waals surface area (Å²) in [7, 11) is 1.16. The van der Waals surface area contributed by atoms with Crippen molar-refractivity contribution in [2.75, 3.05) is 31.8 Å². The van der Waals surface area contributed by atoms with Gasteiger partial charge in [0.2, 0.25) is 15.9 Å². The molecule has 25 heavy (non-hydrogen) atoms. The normalized spacial score (nSPS) is 20.2. The third kappa shape index (κ3) is 2.75. The van der Waals surface area contributed by atoms with E-state index in [-0.39, 0.29) is 11.7 Å². The Labute approximate surface area is 148 Å². The van der Waals surface area contributed by atoms with Crippen molar-refractivity contribution in [3.05, 3.63) is 54.1 Å². The van der Waals surface area contributed by atoms with Crippen LogP contribution in [0.15, 0.2) is 48.5 Å². The van der Waals surface area contributed by atoms with Crippen molar-refractivity contribution in [2.24, 2.45) is 0 Å². The Bertz CT molecular complexity index is 923. The van der Waals surface area contributed by atoms with Gasteiger partial charge in [0.05, 0.1) is 16.9 Å². The highest BCUT2D eigenvalue weighted by atomic mass is 32.2. The Balaban J connectivity index is 2.19. The zero-order chi connectivity index (χ0) is 18.4. The lowest BCUT2D eigenvalue weighted by Crippen LogP contribution is -2.44. The molecule has 2 aromatic carbocycles. The van der Waals surface area contributed by atoms with E-state index in [9.17, 15) is 13.2 Å². The number of nitrogens with zero attached hydrogens (tertiary/aromatic N) is 2. The van der Waals surface area contributed by atoms with Crippen LogP contribution in [-0.4, -0.2) is 45.5 Å². The maximum atomic E-state index is 13.0. The molecule has 0 spiro atoms. The molecule has 2 aromatic rings. The van der Waals surface area contributed by atoms with Crippen LogP contribution in [0.25, 0.3) is 11.1 Å². The SMILES string of the molecule is CN1C(=O)C(C)(CS(=O)(=O)N(C)C)c2cccc(-c3ccccc3)c21. The number of benzene rings is 2. The van der Waals surface area contributed by atoms with Crippen LogP contribution >= 0.6 is 0 Å². The molecule has 132 valence electrons. The molecule has 6 heteroatoms. The zero-order valence-electron chi connectivity index (χ0n) is 14.9. The second-order valence-corrected chi connectivity index (χ2v) is 8.99. The Morgan fingerprint density at radius 1 is 1.04 bits per heavy atom. The summed E-state index contributed by atoms with van der Waals surface area (Å²) < 4.78 is 26.1. The minimum absolute atomic E-state index is 0.198. The molecule has 0 radical (unpaired) electrons. The van der Waals surface area contributed by atoms with Gasteiger partial charge in [0.1, 0.15) is 0 Å². The predicted octanol–water partition coefficient (Wildman–Crippen LogP) is 2.48. The van der Waals surface area contributed by atoms with Gasteiger partial charge >= 0.3 is 0 Å². The third-order valence-corrected chi connectivity index (χ3v) is 6.91. The van der Waals surface area contributed by atoms with Crippen LogP contribution in [0.3, 0.4) is 0 Å². The van der Waals surface area contributed by atoms with E-state index >= 15 is 0 Å². The van der Waals surface area contributed by atoms with Gasteiger partial charge in [-0.3, -0.25) is 4.79 Å². The van der Waals surface area contributed by atoms with E-state index in [1.54, 1.807) is 18.9 Å². The summed E-state index contributed by atoms with van der Waals surface area (Å²) in [5, 5.41) is 0. The van der Waals surface area contributed by atoms with E-state index < -0.39 is 15.4 Å². The first-order valence-corrected chi connectivity index (χ1v) is 9.66. The van der Waals surface area contributed by atoms with Gasteiger partial charge in [0, 0.05) is 26.7 Å². The highest BCUT2D eigenvalue weighted by Crippen LogP contribution is 2.46. The highest BCUT2D eigenvalue weighted by Gasteiger charge is 2.49. The molecule has 0 saturated heterocycles. The average Bonchev–Trinajstić information content (AvgIpc) is 2.77. The Hall–Kier alpha value is -2.18. The number of sulfonamides is 1. The number of fused-ring (bicyclic) bond motifs is 1. The van der Waals surface area contributed by atoms with Gasteiger partial charge in [-0.25, -0.2) is 12.7 Å². The minimum Gasteiger partial charge on any atom is -0.314 e. The molecule has 0 aromatic heterocycles. The fraction of sp³-hybridized carbons (Fsp3) is 0.316. The number of carbonyl (C=O) groups is 1. The number of hydrogen-bond donors (Lipinski definition) is 0. The average molecular weight is 358 g/mol. The molecule has 1 amide bonds. The van der Waals surface area contributed by atoms with Gasteiger partial charge in [-0.15, -0.1) is 0 Å². The first-order chi connectivity index (χ1) is 11.7. The first kappa shape index (κ1) is 17.6. The van der Waals surface area contributed by atoms with Crippen LogP contribution in [0.2, 0.25) is 0 Å². The van der Waals surface area contributed by atoms with Crippen LogP contribution in [0.5, 0.6) is 0 Å². The monoisotopic (exact) mass is 358 g/mol. The van der Waals surface area contributed by atoms with E-state index in [4.69, 9.17) is 0 Å². The second-order valence-electron chi connectivity index (χ2n) is 6.80. The quantitative estimate of drug-likeness (QED) is 0.844. The molecular formula is C19H22N2O3S. The largest absolute Gasteiger partial charge is 0.314 e. The molecule has 0 aliphatic carbocycles. The topological polar surface area (TPSA) is 57.7 Å². The summed E-state index contributed by atoms with van der Waals surface area (Å²) >= 11 is 0. The smallest absolute Gasteiger partial charge is 0.238 e. The van der Waals surface area contributed by atoms with E-state index in [0.717, 1.165) is 22.4 Å². The number of amides is 1. The minimum atomic E-state index is -3.53. The van der Waals surface area contributed by atoms with Crippen molar-refractivity contribution in [2.45, 2.75) is 12.3 Å². The van der Waals surface area contributed by atoms with E-state index in [2.05, 4.69) is 0 Å². The van der Waals surface area contributed by atoms with Crippen LogP contribution in [-0.2, 0) is 20.2 Å². The van der Waals surface area contributed by atoms with Crippen LogP contribution in [0.1, 0.15) is 12.5 Å². The summed E-state index contributed by atoms with van der Waals surface area (Å²) in [6, 6.07) is 15.5. The summed E-state index contributed by atoms with van der Waals surface area (Å²) in [5.41, 5.74) is 2.37. The number of rotatable bonds is 4. The summed E-state index contributed by atoms with van der Waals surface area (Å²) in [4.78, 5) is 14.6. The van der Waals surface area contributed by atoms with Gasteiger partial charge in [-0.2, -0.15) is 0 Å². The number of likely N-dealkylation sites (N-methyl/N-ethyl adjacent to an activating group) is 1. The summed E-state index contributed by atoms with van der Waals surface area (Å²) in [6.45, 7) is 1.72. The van der Waals surface area contributed by atoms with E-state index in [1.807, 2.05) is 48.5 Å². The lowest BCUT2D eigenvalue weighted by atomic mass is 9.84. The van der Waals surface area contributed by atoms with E-state index in [0.29, 0.717) is 0 Å². The first-order valence-electron chi connectivity index (χ1n) is 8.06. The standard InChI is InChI=1S/C19H22N2O3S/c1-19(13-25(23,24)20(2)3)16-12-8-11-15(14-9-6-5-7-10-14)17(16)21(4)18(19)22/h5-12H,13H2,1-4H3. The van der Waals surface area contributed by atoms with Crippen molar-refractivity contribution < 1.29 is 13.2 Å². The molecule has 1 aliphatic rings. The third-order valence-electron chi connectivity index (χ3n) is 4.85. The van der Waals surface area contributed by atoms with Crippen molar-refractivity contribution in [1.82, 2.24) is 4.31 Å². The lowest BCUT2D eigenvalue weighted by molar-refractivity contribution is -0.121. The predicted molar refractivity (Wildman–Crippen MR) is 100 cm³/mol. The van der Waals surface area contributed by atoms with Crippen molar-refractivity contribution in [3.63, 3.8) is 0 Å². The molecular weight excluding hydrogens is 336 g/mol. The molecule has 1 atom stereocenters. The van der Waals surface area contributed by atoms with Gasteiger partial charge in [0.15, 0.2) is 0 Å². The Morgan fingerprint density at radius 2 is 1.68 bits per heavy atom. The van der Waals surface area contributed by atoms with Crippen LogP contribution < -0.4 is 4.90 Å². The Kier molecular flexibility index (Phi) is 4.21. The molecule has 0 N–H and O–H groups in total. The van der Waals surface area contributed by atoms with Crippen LogP contribution in [0.4, 0.5) is 5.69 Å². The van der Waals surface area contributed by atoms with Gasteiger partial charge in [-0.05, 0) is 18.1 Å². The molecule has 5 nitrogen and oxygen atoms in total. The number of hydrogen-bond acceptors (Lipinski definition) is 3. The fourth-order valence-corrected chi connectivity index (χ4v) is 4.69. The molecule has 0 fully saturated rings. The Morgan fingerprint density at radius 3 is 2.28 bits per heavy atom. The molecule has 3 rings (SSSR count). The number of carbonyl (C=O) groups excluding carboxylic acids is 1. The fourth-order valence-electron chi connectivity index (χ4n) is 3.42. The van der Waals surface area contributed by atoms with Crippen molar-refractivity contribution in [1.29, 1.82) is 0 Å². The summed E-state index contributed by atoms with van der Waals surface area (Å²) in [6.07, 6.45) is 0. The lowest BCUT2D eigenvalue weighted by Gasteiger charge is -2.25. The second kappa shape index (κ2) is 5.97. The molecule has 1 heterocycles. The maximum Gasteiger partial charge on any atom is 0.238 e. The van der Waals surface area contributed by atoms with Gasteiger partial charge in [0.25, 0.3) is 0 Å². The molecule has 0 bridgehead atoms. The van der Waals surface area contributed by atoms with Gasteiger partial charge < -0.3 is 4.90 Å². The van der Waals surface area contributed by atoms with Crippen LogP contribution in [0, 0.1) is 0 Å². The van der Waals surface area contributed by atoms with E-state index in [1.165, 1.54) is 18.4 Å². The zero-order valence-corrected chi connectivity index (χ0v) is 15.7. The number of anilines is 1. The summed E-state index contributed by atoms with van der Waals surface area (Å²) in [5.74, 6) is -0.446. The van der Waals surface area contributed by atoms with Crippen molar-refractivity contribution >= 4 is 21.6 Å². The molecule has 0 saturated carbocycles. The molecule has 1 unspecified atom stereocenters. The van der Waals surface area contributed by atoms with Crippen molar-refractivity contribution in [3.8, 4) is 11.1 Å². The number of para-hydroxylation sites is 1.